The number of ketones is 1. The molecule has 1 heterocycles. The number of carbonyl (C=O) groups excluding carboxylic acids is 1. The van der Waals surface area contributed by atoms with E-state index in [9.17, 15) is 9.18 Å². The highest BCUT2D eigenvalue weighted by molar-refractivity contribution is 7.99. The van der Waals surface area contributed by atoms with Crippen LogP contribution in [0.25, 0.3) is 0 Å². The maximum atomic E-state index is 12.9. The SMILES string of the molecule is O=C(Cc1ccc(F)cc1Cl)CC1CSCCN1. The molecule has 0 bridgehead atoms. The number of Topliss-reactive ketones (excluding diaryl/α,β-unsaturated/α-hetero) is 1. The molecule has 2 nitrogen and oxygen atoms in total. The first kappa shape index (κ1) is 13.8. The molecule has 1 aromatic carbocycles. The maximum absolute atomic E-state index is 12.9. The zero-order valence-corrected chi connectivity index (χ0v) is 11.5. The second-order valence-corrected chi connectivity index (χ2v) is 5.94. The summed E-state index contributed by atoms with van der Waals surface area (Å²) in [7, 11) is 0. The molecule has 1 aliphatic rings. The Bertz CT molecular complexity index is 435. The molecule has 0 radical (unpaired) electrons. The van der Waals surface area contributed by atoms with Crippen molar-refractivity contribution in [1.82, 2.24) is 5.32 Å². The number of carbonyl (C=O) groups is 1. The minimum atomic E-state index is -0.374. The normalized spacial score (nSPS) is 19.8. The maximum Gasteiger partial charge on any atom is 0.138 e. The fraction of sp³-hybridized carbons (Fsp3) is 0.462. The minimum absolute atomic E-state index is 0.142. The lowest BCUT2D eigenvalue weighted by Gasteiger charge is -2.22. The van der Waals surface area contributed by atoms with E-state index in [1.165, 1.54) is 12.1 Å². The predicted octanol–water partition coefficient (Wildman–Crippen LogP) is 2.69. The van der Waals surface area contributed by atoms with Gasteiger partial charge in [0.15, 0.2) is 0 Å². The van der Waals surface area contributed by atoms with Crippen molar-refractivity contribution >= 4 is 29.1 Å². The molecule has 5 heteroatoms. The van der Waals surface area contributed by atoms with Gasteiger partial charge in [-0.2, -0.15) is 11.8 Å². The Morgan fingerprint density at radius 3 is 3.06 bits per heavy atom. The summed E-state index contributed by atoms with van der Waals surface area (Å²) in [5.74, 6) is 1.85. The van der Waals surface area contributed by atoms with E-state index < -0.39 is 0 Å². The van der Waals surface area contributed by atoms with E-state index in [-0.39, 0.29) is 24.1 Å². The zero-order valence-electron chi connectivity index (χ0n) is 9.92. The summed E-state index contributed by atoms with van der Waals surface area (Å²) < 4.78 is 12.9. The van der Waals surface area contributed by atoms with Crippen molar-refractivity contribution in [2.45, 2.75) is 18.9 Å². The second kappa shape index (κ2) is 6.55. The van der Waals surface area contributed by atoms with Crippen LogP contribution in [0.4, 0.5) is 4.39 Å². The fourth-order valence-corrected chi connectivity index (χ4v) is 3.16. The molecule has 0 spiro atoms. The third kappa shape index (κ3) is 3.97. The average Bonchev–Trinajstić information content (AvgIpc) is 2.34. The molecule has 0 amide bonds. The van der Waals surface area contributed by atoms with Gasteiger partial charge in [-0.25, -0.2) is 4.39 Å². The Kier molecular flexibility index (Phi) is 5.03. The summed E-state index contributed by atoms with van der Waals surface area (Å²) in [6, 6.07) is 4.43. The summed E-state index contributed by atoms with van der Waals surface area (Å²) in [6.07, 6.45) is 0.794. The van der Waals surface area contributed by atoms with Gasteiger partial charge in [0.1, 0.15) is 11.6 Å². The van der Waals surface area contributed by atoms with Crippen molar-refractivity contribution in [3.8, 4) is 0 Å². The Morgan fingerprint density at radius 1 is 1.56 bits per heavy atom. The average molecular weight is 288 g/mol. The zero-order chi connectivity index (χ0) is 13.0. The molecule has 1 aromatic rings. The van der Waals surface area contributed by atoms with Gasteiger partial charge in [0.25, 0.3) is 0 Å². The fourth-order valence-electron chi connectivity index (χ4n) is 1.98. The van der Waals surface area contributed by atoms with Crippen LogP contribution < -0.4 is 5.32 Å². The summed E-state index contributed by atoms with van der Waals surface area (Å²) in [5, 5.41) is 3.65. The van der Waals surface area contributed by atoms with Crippen LogP contribution in [0.2, 0.25) is 5.02 Å². The van der Waals surface area contributed by atoms with Crippen molar-refractivity contribution in [2.75, 3.05) is 18.1 Å². The summed E-state index contributed by atoms with van der Waals surface area (Å²) in [4.78, 5) is 11.9. The van der Waals surface area contributed by atoms with Gasteiger partial charge in [0, 0.05) is 42.0 Å². The van der Waals surface area contributed by atoms with Gasteiger partial charge < -0.3 is 5.32 Å². The van der Waals surface area contributed by atoms with Crippen LogP contribution in [0, 0.1) is 5.82 Å². The smallest absolute Gasteiger partial charge is 0.138 e. The van der Waals surface area contributed by atoms with Crippen LogP contribution in [-0.4, -0.2) is 29.9 Å². The topological polar surface area (TPSA) is 29.1 Å². The molecule has 1 N–H and O–H groups in total. The highest BCUT2D eigenvalue weighted by Crippen LogP contribution is 2.19. The summed E-state index contributed by atoms with van der Waals surface area (Å²) >= 11 is 7.77. The number of benzene rings is 1. The number of thioether (sulfide) groups is 1. The molecule has 1 atom stereocenters. The van der Waals surface area contributed by atoms with Crippen molar-refractivity contribution in [1.29, 1.82) is 0 Å². The van der Waals surface area contributed by atoms with E-state index in [2.05, 4.69) is 5.32 Å². The first-order valence-electron chi connectivity index (χ1n) is 5.92. The molecule has 0 saturated carbocycles. The molecule has 98 valence electrons. The Labute approximate surface area is 115 Å². The van der Waals surface area contributed by atoms with Crippen molar-refractivity contribution in [2.24, 2.45) is 0 Å². The van der Waals surface area contributed by atoms with Crippen molar-refractivity contribution in [3.63, 3.8) is 0 Å². The number of rotatable bonds is 4. The van der Waals surface area contributed by atoms with E-state index >= 15 is 0 Å². The molecule has 18 heavy (non-hydrogen) atoms. The minimum Gasteiger partial charge on any atom is -0.312 e. The highest BCUT2D eigenvalue weighted by atomic mass is 35.5. The number of hydrogen-bond acceptors (Lipinski definition) is 3. The third-order valence-corrected chi connectivity index (χ3v) is 4.36. The van der Waals surface area contributed by atoms with Crippen molar-refractivity contribution in [3.05, 3.63) is 34.6 Å². The Balaban J connectivity index is 1.90. The van der Waals surface area contributed by atoms with Crippen LogP contribution >= 0.6 is 23.4 Å². The molecule has 2 rings (SSSR count). The monoisotopic (exact) mass is 287 g/mol. The quantitative estimate of drug-likeness (QED) is 0.923. The molecular formula is C13H15ClFNOS. The molecular weight excluding hydrogens is 273 g/mol. The van der Waals surface area contributed by atoms with E-state index in [0.717, 1.165) is 18.1 Å². The lowest BCUT2D eigenvalue weighted by Crippen LogP contribution is -2.39. The van der Waals surface area contributed by atoms with Crippen molar-refractivity contribution < 1.29 is 9.18 Å². The third-order valence-electron chi connectivity index (χ3n) is 2.88. The van der Waals surface area contributed by atoms with Gasteiger partial charge in [0.2, 0.25) is 0 Å². The van der Waals surface area contributed by atoms with Gasteiger partial charge >= 0.3 is 0 Å². The predicted molar refractivity (Wildman–Crippen MR) is 73.9 cm³/mol. The number of nitrogens with one attached hydrogen (secondary N) is 1. The molecule has 1 unspecified atom stereocenters. The van der Waals surface area contributed by atoms with E-state index in [1.807, 2.05) is 11.8 Å². The van der Waals surface area contributed by atoms with Crippen LogP contribution in [0.15, 0.2) is 18.2 Å². The van der Waals surface area contributed by atoms with Crippen LogP contribution in [0.1, 0.15) is 12.0 Å². The molecule has 1 saturated heterocycles. The summed E-state index contributed by atoms with van der Waals surface area (Å²) in [6.45, 7) is 0.958. The van der Waals surface area contributed by atoms with Crippen LogP contribution in [0.3, 0.4) is 0 Å². The van der Waals surface area contributed by atoms with Gasteiger partial charge in [-0.1, -0.05) is 17.7 Å². The highest BCUT2D eigenvalue weighted by Gasteiger charge is 2.17. The standard InChI is InChI=1S/C13H15ClFNOS/c14-13-6-10(15)2-1-9(13)5-12(17)7-11-8-18-4-3-16-11/h1-2,6,11,16H,3-5,7-8H2. The molecule has 1 fully saturated rings. The lowest BCUT2D eigenvalue weighted by molar-refractivity contribution is -0.118. The van der Waals surface area contributed by atoms with Gasteiger partial charge in [-0.15, -0.1) is 0 Å². The number of hydrogen-bond donors (Lipinski definition) is 1. The van der Waals surface area contributed by atoms with Gasteiger partial charge in [0.05, 0.1) is 0 Å². The van der Waals surface area contributed by atoms with Gasteiger partial charge in [-0.3, -0.25) is 4.79 Å². The van der Waals surface area contributed by atoms with Crippen LogP contribution in [-0.2, 0) is 11.2 Å². The lowest BCUT2D eigenvalue weighted by atomic mass is 10.0. The van der Waals surface area contributed by atoms with E-state index in [1.54, 1.807) is 6.07 Å². The molecule has 1 aliphatic heterocycles. The van der Waals surface area contributed by atoms with E-state index in [4.69, 9.17) is 11.6 Å². The van der Waals surface area contributed by atoms with Gasteiger partial charge in [-0.05, 0) is 17.7 Å². The summed E-state index contributed by atoms with van der Waals surface area (Å²) in [5.41, 5.74) is 0.700. The Morgan fingerprint density at radius 2 is 2.39 bits per heavy atom. The largest absolute Gasteiger partial charge is 0.312 e. The first-order chi connectivity index (χ1) is 8.65. The second-order valence-electron chi connectivity index (χ2n) is 4.38. The van der Waals surface area contributed by atoms with E-state index in [0.29, 0.717) is 17.0 Å². The molecule has 0 aliphatic carbocycles. The Hall–Kier alpha value is -0.580. The first-order valence-corrected chi connectivity index (χ1v) is 7.45. The number of halogens is 2. The molecule has 0 aromatic heterocycles. The van der Waals surface area contributed by atoms with Crippen LogP contribution in [0.5, 0.6) is 0 Å².